The van der Waals surface area contributed by atoms with E-state index < -0.39 is 0 Å². The van der Waals surface area contributed by atoms with Crippen LogP contribution in [0.3, 0.4) is 0 Å². The zero-order valence-electron chi connectivity index (χ0n) is 8.39. The van der Waals surface area contributed by atoms with Crippen molar-refractivity contribution in [3.63, 3.8) is 0 Å². The van der Waals surface area contributed by atoms with E-state index >= 15 is 0 Å². The molecule has 0 bridgehead atoms. The highest BCUT2D eigenvalue weighted by Crippen LogP contribution is 2.30. The van der Waals surface area contributed by atoms with Crippen molar-refractivity contribution in [2.45, 2.75) is 52.7 Å². The molecule has 1 aliphatic rings. The lowest BCUT2D eigenvalue weighted by Gasteiger charge is -2.36. The van der Waals surface area contributed by atoms with E-state index in [2.05, 4.69) is 20.8 Å². The summed E-state index contributed by atoms with van der Waals surface area (Å²) in [5.41, 5.74) is 0.0876. The molecule has 0 aromatic carbocycles. The predicted molar refractivity (Wildman–Crippen MR) is 48.0 cm³/mol. The maximum Gasteiger partial charge on any atom is 0.138 e. The van der Waals surface area contributed by atoms with Gasteiger partial charge in [0.05, 0.1) is 12.2 Å². The van der Waals surface area contributed by atoms with E-state index in [4.69, 9.17) is 4.74 Å². The van der Waals surface area contributed by atoms with Gasteiger partial charge in [0.2, 0.25) is 0 Å². The molecule has 0 aromatic heterocycles. The van der Waals surface area contributed by atoms with Crippen LogP contribution >= 0.6 is 0 Å². The van der Waals surface area contributed by atoms with Gasteiger partial charge in [0.25, 0.3) is 0 Å². The fraction of sp³-hybridized carbons (Fsp3) is 0.900. The lowest BCUT2D eigenvalue weighted by Crippen LogP contribution is -2.39. The van der Waals surface area contributed by atoms with Gasteiger partial charge in [-0.05, 0) is 12.3 Å². The Morgan fingerprint density at radius 1 is 1.33 bits per heavy atom. The second kappa shape index (κ2) is 3.17. The van der Waals surface area contributed by atoms with E-state index in [9.17, 15) is 4.79 Å². The Kier molecular flexibility index (Phi) is 2.57. The first-order valence-corrected chi connectivity index (χ1v) is 4.57. The summed E-state index contributed by atoms with van der Waals surface area (Å²) in [5.74, 6) is 0.341. The summed E-state index contributed by atoms with van der Waals surface area (Å²) in [6, 6.07) is 0. The molecule has 0 N–H and O–H groups in total. The quantitative estimate of drug-likeness (QED) is 0.557. The van der Waals surface area contributed by atoms with Crippen LogP contribution < -0.4 is 0 Å². The molecule has 0 aromatic rings. The number of ketones is 1. The van der Waals surface area contributed by atoms with Crippen molar-refractivity contribution in [1.82, 2.24) is 0 Å². The Balaban J connectivity index is 2.62. The summed E-state index contributed by atoms with van der Waals surface area (Å²) in [6.07, 6.45) is 1.39. The van der Waals surface area contributed by atoms with E-state index in [0.29, 0.717) is 18.6 Å². The highest BCUT2D eigenvalue weighted by atomic mass is 16.5. The number of hydrogen-bond acceptors (Lipinski definition) is 2. The molecular weight excluding hydrogens is 152 g/mol. The van der Waals surface area contributed by atoms with Crippen molar-refractivity contribution in [2.75, 3.05) is 0 Å². The third kappa shape index (κ3) is 2.31. The number of carbonyl (C=O) groups excluding carboxylic acids is 1. The van der Waals surface area contributed by atoms with Gasteiger partial charge in [0, 0.05) is 12.8 Å². The van der Waals surface area contributed by atoms with Crippen molar-refractivity contribution in [3.05, 3.63) is 0 Å². The van der Waals surface area contributed by atoms with E-state index in [1.165, 1.54) is 0 Å². The smallest absolute Gasteiger partial charge is 0.138 e. The molecule has 0 saturated carbocycles. The third-order valence-electron chi connectivity index (χ3n) is 2.29. The number of ether oxygens (including phenoxy) is 1. The number of Topliss-reactive ketones (excluding diaryl/α,β-unsaturated/α-hetero) is 1. The first-order chi connectivity index (χ1) is 5.39. The first-order valence-electron chi connectivity index (χ1n) is 4.57. The van der Waals surface area contributed by atoms with Gasteiger partial charge in [-0.15, -0.1) is 0 Å². The van der Waals surface area contributed by atoms with Crippen LogP contribution in [0, 0.1) is 5.41 Å². The molecule has 1 rings (SSSR count). The van der Waals surface area contributed by atoms with Gasteiger partial charge in [-0.3, -0.25) is 4.79 Å². The molecule has 2 heteroatoms. The maximum atomic E-state index is 11.3. The second-order valence-corrected chi connectivity index (χ2v) is 4.75. The molecule has 0 amide bonds. The molecule has 2 atom stereocenters. The van der Waals surface area contributed by atoms with Gasteiger partial charge in [0.1, 0.15) is 5.78 Å². The predicted octanol–water partition coefficient (Wildman–Crippen LogP) is 2.17. The summed E-state index contributed by atoms with van der Waals surface area (Å²) in [5, 5.41) is 0. The topological polar surface area (TPSA) is 26.3 Å². The van der Waals surface area contributed by atoms with Crippen LogP contribution in [0.15, 0.2) is 0 Å². The van der Waals surface area contributed by atoms with Crippen LogP contribution in [-0.4, -0.2) is 18.0 Å². The minimum absolute atomic E-state index is 0.0876. The minimum Gasteiger partial charge on any atom is -0.374 e. The van der Waals surface area contributed by atoms with E-state index in [1.54, 1.807) is 0 Å². The van der Waals surface area contributed by atoms with Crippen LogP contribution in [0.5, 0.6) is 0 Å². The highest BCUT2D eigenvalue weighted by Gasteiger charge is 2.33. The molecule has 1 fully saturated rings. The van der Waals surface area contributed by atoms with Crippen LogP contribution in [0.1, 0.15) is 40.5 Å². The van der Waals surface area contributed by atoms with Gasteiger partial charge in [-0.2, -0.15) is 0 Å². The first kappa shape index (κ1) is 9.72. The van der Waals surface area contributed by atoms with Gasteiger partial charge in [-0.1, -0.05) is 20.8 Å². The molecule has 70 valence electrons. The van der Waals surface area contributed by atoms with Crippen LogP contribution in [0.2, 0.25) is 0 Å². The Hall–Kier alpha value is -0.370. The zero-order valence-corrected chi connectivity index (χ0v) is 8.39. The lowest BCUT2D eigenvalue weighted by molar-refractivity contribution is -0.142. The SMILES string of the molecule is CC1CC(=O)CC(C(C)(C)C)O1. The molecule has 0 radical (unpaired) electrons. The van der Waals surface area contributed by atoms with E-state index in [1.807, 2.05) is 6.92 Å². The molecule has 0 aliphatic carbocycles. The van der Waals surface area contributed by atoms with Crippen molar-refractivity contribution in [2.24, 2.45) is 5.41 Å². The number of carbonyl (C=O) groups is 1. The average molecular weight is 170 g/mol. The average Bonchev–Trinajstić information content (AvgIpc) is 1.82. The van der Waals surface area contributed by atoms with Crippen molar-refractivity contribution in [3.8, 4) is 0 Å². The summed E-state index contributed by atoms with van der Waals surface area (Å²) in [4.78, 5) is 11.3. The summed E-state index contributed by atoms with van der Waals surface area (Å²) >= 11 is 0. The second-order valence-electron chi connectivity index (χ2n) is 4.75. The third-order valence-corrected chi connectivity index (χ3v) is 2.29. The molecule has 0 spiro atoms. The van der Waals surface area contributed by atoms with Crippen LogP contribution in [-0.2, 0) is 9.53 Å². The molecular formula is C10H18O2. The molecule has 1 heterocycles. The van der Waals surface area contributed by atoms with Gasteiger partial charge in [-0.25, -0.2) is 0 Å². The number of rotatable bonds is 0. The molecule has 1 aliphatic heterocycles. The standard InChI is InChI=1S/C10H18O2/c1-7-5-8(11)6-9(12-7)10(2,3)4/h7,9H,5-6H2,1-4H3. The lowest BCUT2D eigenvalue weighted by atomic mass is 9.83. The number of hydrogen-bond donors (Lipinski definition) is 0. The van der Waals surface area contributed by atoms with Crippen molar-refractivity contribution >= 4 is 5.78 Å². The molecule has 2 nitrogen and oxygen atoms in total. The zero-order chi connectivity index (χ0) is 9.35. The molecule has 1 saturated heterocycles. The summed E-state index contributed by atoms with van der Waals surface area (Å²) < 4.78 is 5.70. The highest BCUT2D eigenvalue weighted by molar-refractivity contribution is 5.80. The van der Waals surface area contributed by atoms with Gasteiger partial charge in [0.15, 0.2) is 0 Å². The van der Waals surface area contributed by atoms with E-state index in [-0.39, 0.29) is 17.6 Å². The Labute approximate surface area is 74.3 Å². The van der Waals surface area contributed by atoms with Crippen LogP contribution in [0.25, 0.3) is 0 Å². The fourth-order valence-electron chi connectivity index (χ4n) is 1.50. The summed E-state index contributed by atoms with van der Waals surface area (Å²) in [7, 11) is 0. The van der Waals surface area contributed by atoms with Crippen molar-refractivity contribution < 1.29 is 9.53 Å². The Bertz CT molecular complexity index is 179. The van der Waals surface area contributed by atoms with Gasteiger partial charge < -0.3 is 4.74 Å². The van der Waals surface area contributed by atoms with Gasteiger partial charge >= 0.3 is 0 Å². The Morgan fingerprint density at radius 2 is 1.92 bits per heavy atom. The monoisotopic (exact) mass is 170 g/mol. The Morgan fingerprint density at radius 3 is 2.33 bits per heavy atom. The van der Waals surface area contributed by atoms with Crippen LogP contribution in [0.4, 0.5) is 0 Å². The fourth-order valence-corrected chi connectivity index (χ4v) is 1.50. The molecule has 2 unspecified atom stereocenters. The summed E-state index contributed by atoms with van der Waals surface area (Å²) in [6.45, 7) is 8.31. The van der Waals surface area contributed by atoms with E-state index in [0.717, 1.165) is 0 Å². The largest absolute Gasteiger partial charge is 0.374 e. The van der Waals surface area contributed by atoms with Crippen molar-refractivity contribution in [1.29, 1.82) is 0 Å². The minimum atomic E-state index is 0.0876. The normalized spacial score (nSPS) is 32.2. The molecule has 12 heavy (non-hydrogen) atoms. The maximum absolute atomic E-state index is 11.3.